The highest BCUT2D eigenvalue weighted by Gasteiger charge is 2.10. The summed E-state index contributed by atoms with van der Waals surface area (Å²) in [6, 6.07) is 3.83. The molecule has 0 saturated heterocycles. The van der Waals surface area contributed by atoms with Crippen LogP contribution in [0.2, 0.25) is 0 Å². The van der Waals surface area contributed by atoms with Crippen molar-refractivity contribution in [2.75, 3.05) is 14.2 Å². The fraction of sp³-hybridized carbons (Fsp3) is 0.400. The van der Waals surface area contributed by atoms with Gasteiger partial charge in [0.15, 0.2) is 0 Å². The quantitative estimate of drug-likeness (QED) is 0.836. The third-order valence-electron chi connectivity index (χ3n) is 2.01. The Labute approximate surface area is 97.4 Å². The lowest BCUT2D eigenvalue weighted by molar-refractivity contribution is 0.118. The summed E-state index contributed by atoms with van der Waals surface area (Å²) in [5, 5.41) is 0. The average Bonchev–Trinajstić information content (AvgIpc) is 2.22. The van der Waals surface area contributed by atoms with Crippen LogP contribution in [0.5, 0.6) is 5.75 Å². The minimum absolute atomic E-state index is 0.301. The van der Waals surface area contributed by atoms with E-state index in [1.165, 1.54) is 0 Å². The maximum atomic E-state index is 5.24. The Kier molecular flexibility index (Phi) is 5.04. The van der Waals surface area contributed by atoms with Crippen LogP contribution in [0.4, 0.5) is 0 Å². The maximum Gasteiger partial charge on any atom is 0.125 e. The second kappa shape index (κ2) is 6.07. The molecule has 15 heavy (non-hydrogen) atoms. The first kappa shape index (κ1) is 12.4. The average molecular weight is 276 g/mol. The Morgan fingerprint density at radius 2 is 2.00 bits per heavy atom. The molecule has 1 rings (SSSR count). The van der Waals surface area contributed by atoms with Gasteiger partial charge in [-0.1, -0.05) is 15.9 Å². The van der Waals surface area contributed by atoms with Gasteiger partial charge in [-0.2, -0.15) is 0 Å². The van der Waals surface area contributed by atoms with E-state index in [4.69, 9.17) is 15.4 Å². The number of benzene rings is 1. The van der Waals surface area contributed by atoms with Gasteiger partial charge in [0.25, 0.3) is 0 Å². The van der Waals surface area contributed by atoms with Gasteiger partial charge in [-0.15, -0.1) is 0 Å². The van der Waals surface area contributed by atoms with Crippen molar-refractivity contribution in [3.63, 3.8) is 0 Å². The molecule has 0 radical (unpaired) electrons. The summed E-state index contributed by atoms with van der Waals surface area (Å²) in [5.74, 6) is 5.82. The van der Waals surface area contributed by atoms with Gasteiger partial charge in [0.1, 0.15) is 5.75 Å². The van der Waals surface area contributed by atoms with E-state index in [0.717, 1.165) is 21.3 Å². The van der Waals surface area contributed by atoms with Crippen LogP contribution in [-0.4, -0.2) is 14.2 Å². The standard InChI is InChI=1S/C10H14BrNO3/c1-13-5-7-3-8(11)4-10(14-2)9(7)6-15-12/h3-4H,5-6,12H2,1-2H3. The lowest BCUT2D eigenvalue weighted by Gasteiger charge is -2.13. The van der Waals surface area contributed by atoms with Crippen molar-refractivity contribution >= 4 is 15.9 Å². The van der Waals surface area contributed by atoms with Gasteiger partial charge in [0.2, 0.25) is 0 Å². The van der Waals surface area contributed by atoms with E-state index < -0.39 is 0 Å². The number of ether oxygens (including phenoxy) is 2. The lowest BCUT2D eigenvalue weighted by Crippen LogP contribution is -2.05. The van der Waals surface area contributed by atoms with Gasteiger partial charge in [-0.3, -0.25) is 4.84 Å². The topological polar surface area (TPSA) is 53.7 Å². The van der Waals surface area contributed by atoms with E-state index in [0.29, 0.717) is 13.2 Å². The Bertz CT molecular complexity index is 331. The van der Waals surface area contributed by atoms with Crippen LogP contribution in [0, 0.1) is 0 Å². The van der Waals surface area contributed by atoms with Gasteiger partial charge in [-0.05, 0) is 17.7 Å². The number of methoxy groups -OCH3 is 2. The molecule has 0 heterocycles. The number of rotatable bonds is 5. The highest BCUT2D eigenvalue weighted by Crippen LogP contribution is 2.28. The van der Waals surface area contributed by atoms with Crippen LogP contribution >= 0.6 is 15.9 Å². The molecule has 84 valence electrons. The molecule has 0 aromatic heterocycles. The number of hydrogen-bond acceptors (Lipinski definition) is 4. The zero-order valence-electron chi connectivity index (χ0n) is 8.75. The summed E-state index contributed by atoms with van der Waals surface area (Å²) >= 11 is 3.40. The summed E-state index contributed by atoms with van der Waals surface area (Å²) in [5.41, 5.74) is 1.90. The lowest BCUT2D eigenvalue weighted by atomic mass is 10.1. The molecule has 0 unspecified atom stereocenters. The second-order valence-electron chi connectivity index (χ2n) is 2.99. The molecule has 0 aliphatic carbocycles. The fourth-order valence-electron chi connectivity index (χ4n) is 1.38. The Hall–Kier alpha value is -0.620. The van der Waals surface area contributed by atoms with Crippen molar-refractivity contribution in [3.8, 4) is 5.75 Å². The van der Waals surface area contributed by atoms with Gasteiger partial charge in [0.05, 0.1) is 20.3 Å². The number of hydrogen-bond donors (Lipinski definition) is 1. The van der Waals surface area contributed by atoms with E-state index in [1.807, 2.05) is 12.1 Å². The molecule has 0 aliphatic rings. The molecule has 1 aromatic rings. The van der Waals surface area contributed by atoms with Crippen LogP contribution in [0.15, 0.2) is 16.6 Å². The predicted octanol–water partition coefficient (Wildman–Crippen LogP) is 1.99. The van der Waals surface area contributed by atoms with Crippen LogP contribution in [0.25, 0.3) is 0 Å². The smallest absolute Gasteiger partial charge is 0.125 e. The Morgan fingerprint density at radius 3 is 2.53 bits per heavy atom. The third kappa shape index (κ3) is 3.17. The molecule has 2 N–H and O–H groups in total. The molecule has 0 amide bonds. The summed E-state index contributed by atoms with van der Waals surface area (Å²) in [6.07, 6.45) is 0. The zero-order valence-corrected chi connectivity index (χ0v) is 10.3. The first-order valence-corrected chi connectivity index (χ1v) is 5.18. The van der Waals surface area contributed by atoms with Crippen LogP contribution < -0.4 is 10.6 Å². The van der Waals surface area contributed by atoms with Crippen molar-refractivity contribution in [2.24, 2.45) is 5.90 Å². The number of nitrogens with two attached hydrogens (primary N) is 1. The van der Waals surface area contributed by atoms with E-state index in [1.54, 1.807) is 14.2 Å². The van der Waals surface area contributed by atoms with Crippen LogP contribution in [0.1, 0.15) is 11.1 Å². The summed E-state index contributed by atoms with van der Waals surface area (Å²) < 4.78 is 11.3. The molecule has 1 aromatic carbocycles. The highest BCUT2D eigenvalue weighted by atomic mass is 79.9. The van der Waals surface area contributed by atoms with E-state index in [-0.39, 0.29) is 0 Å². The summed E-state index contributed by atoms with van der Waals surface area (Å²) in [7, 11) is 3.25. The van der Waals surface area contributed by atoms with Gasteiger partial charge in [-0.25, -0.2) is 5.90 Å². The summed E-state index contributed by atoms with van der Waals surface area (Å²) in [4.78, 5) is 4.65. The Balaban J connectivity index is 3.14. The summed E-state index contributed by atoms with van der Waals surface area (Å²) in [6.45, 7) is 0.795. The van der Waals surface area contributed by atoms with Crippen molar-refractivity contribution in [1.82, 2.24) is 0 Å². The molecule has 0 spiro atoms. The molecular weight excluding hydrogens is 262 g/mol. The minimum atomic E-state index is 0.301. The van der Waals surface area contributed by atoms with E-state index in [2.05, 4.69) is 20.8 Å². The monoisotopic (exact) mass is 275 g/mol. The van der Waals surface area contributed by atoms with Gasteiger partial charge in [0, 0.05) is 17.1 Å². The normalized spacial score (nSPS) is 10.4. The van der Waals surface area contributed by atoms with Crippen molar-refractivity contribution in [3.05, 3.63) is 27.7 Å². The third-order valence-corrected chi connectivity index (χ3v) is 2.47. The first-order chi connectivity index (χ1) is 7.22. The molecule has 0 saturated carbocycles. The van der Waals surface area contributed by atoms with Crippen molar-refractivity contribution < 1.29 is 14.3 Å². The molecule has 5 heteroatoms. The van der Waals surface area contributed by atoms with Crippen LogP contribution in [-0.2, 0) is 22.8 Å². The zero-order chi connectivity index (χ0) is 11.3. The fourth-order valence-corrected chi connectivity index (χ4v) is 1.86. The molecule has 0 bridgehead atoms. The Morgan fingerprint density at radius 1 is 1.27 bits per heavy atom. The largest absolute Gasteiger partial charge is 0.496 e. The van der Waals surface area contributed by atoms with Crippen molar-refractivity contribution in [1.29, 1.82) is 0 Å². The molecule has 0 aliphatic heterocycles. The molecular formula is C10H14BrNO3. The number of halogens is 1. The van der Waals surface area contributed by atoms with Crippen molar-refractivity contribution in [2.45, 2.75) is 13.2 Å². The molecule has 4 nitrogen and oxygen atoms in total. The highest BCUT2D eigenvalue weighted by molar-refractivity contribution is 9.10. The molecule has 0 fully saturated rings. The predicted molar refractivity (Wildman–Crippen MR) is 60.4 cm³/mol. The van der Waals surface area contributed by atoms with Crippen LogP contribution in [0.3, 0.4) is 0 Å². The van der Waals surface area contributed by atoms with E-state index in [9.17, 15) is 0 Å². The minimum Gasteiger partial charge on any atom is -0.496 e. The first-order valence-electron chi connectivity index (χ1n) is 4.38. The van der Waals surface area contributed by atoms with Gasteiger partial charge >= 0.3 is 0 Å². The second-order valence-corrected chi connectivity index (χ2v) is 3.91. The maximum absolute atomic E-state index is 5.24. The SMILES string of the molecule is COCc1cc(Br)cc(OC)c1CON. The van der Waals surface area contributed by atoms with E-state index >= 15 is 0 Å². The molecule has 0 atom stereocenters. The van der Waals surface area contributed by atoms with Gasteiger partial charge < -0.3 is 9.47 Å².